The molecule has 3 heterocycles. The second-order valence-corrected chi connectivity index (χ2v) is 7.68. The molecule has 24 heavy (non-hydrogen) atoms. The van der Waals surface area contributed by atoms with Crippen LogP contribution in [0.4, 0.5) is 17.3 Å². The van der Waals surface area contributed by atoms with Crippen LogP contribution in [0.2, 0.25) is 0 Å². The van der Waals surface area contributed by atoms with Crippen LogP contribution in [0.3, 0.4) is 0 Å². The highest BCUT2D eigenvalue weighted by Crippen LogP contribution is 2.18. The maximum atomic E-state index is 11.9. The van der Waals surface area contributed by atoms with E-state index < -0.39 is 10.0 Å². The summed E-state index contributed by atoms with van der Waals surface area (Å²) in [5.41, 5.74) is 0.894. The third-order valence-electron chi connectivity index (χ3n) is 3.92. The Morgan fingerprint density at radius 1 is 1.04 bits per heavy atom. The van der Waals surface area contributed by atoms with Crippen molar-refractivity contribution in [2.24, 2.45) is 0 Å². The molecule has 2 aromatic rings. The van der Waals surface area contributed by atoms with Gasteiger partial charge >= 0.3 is 0 Å². The molecule has 128 valence electrons. The largest absolute Gasteiger partial charge is 0.352 e. The van der Waals surface area contributed by atoms with Gasteiger partial charge in [0.1, 0.15) is 0 Å². The molecule has 0 amide bonds. The van der Waals surface area contributed by atoms with Gasteiger partial charge in [-0.2, -0.15) is 4.31 Å². The van der Waals surface area contributed by atoms with Crippen molar-refractivity contribution in [2.45, 2.75) is 6.92 Å². The van der Waals surface area contributed by atoms with Gasteiger partial charge in [0.2, 0.25) is 10.0 Å². The first-order valence-corrected chi connectivity index (χ1v) is 9.43. The average molecular weight is 348 g/mol. The zero-order chi connectivity index (χ0) is 17.0. The quantitative estimate of drug-likeness (QED) is 0.864. The van der Waals surface area contributed by atoms with Gasteiger partial charge in [-0.15, -0.1) is 10.2 Å². The highest BCUT2D eigenvalue weighted by Gasteiger charge is 2.26. The highest BCUT2D eigenvalue weighted by atomic mass is 32.2. The number of piperazine rings is 1. The lowest BCUT2D eigenvalue weighted by atomic mass is 10.3. The van der Waals surface area contributed by atoms with Crippen LogP contribution < -0.4 is 10.2 Å². The lowest BCUT2D eigenvalue weighted by Crippen LogP contribution is -2.49. The number of rotatable bonds is 5. The van der Waals surface area contributed by atoms with Gasteiger partial charge in [0.15, 0.2) is 11.6 Å². The van der Waals surface area contributed by atoms with E-state index in [1.165, 1.54) is 4.31 Å². The molecular formula is C15H20N6O2S. The van der Waals surface area contributed by atoms with E-state index in [1.54, 1.807) is 19.3 Å². The summed E-state index contributed by atoms with van der Waals surface area (Å²) >= 11 is 0. The predicted molar refractivity (Wildman–Crippen MR) is 92.8 cm³/mol. The van der Waals surface area contributed by atoms with Crippen molar-refractivity contribution in [1.29, 1.82) is 0 Å². The molecule has 8 nitrogen and oxygen atoms in total. The lowest BCUT2D eigenvalue weighted by molar-refractivity contribution is 0.384. The fourth-order valence-corrected chi connectivity index (χ4v) is 3.61. The van der Waals surface area contributed by atoms with E-state index in [2.05, 4.69) is 20.5 Å². The second kappa shape index (κ2) is 7.10. The van der Waals surface area contributed by atoms with Crippen molar-refractivity contribution < 1.29 is 8.42 Å². The van der Waals surface area contributed by atoms with Crippen LogP contribution in [0.25, 0.3) is 0 Å². The Kier molecular flexibility index (Phi) is 4.91. The molecule has 2 aromatic heterocycles. The topological polar surface area (TPSA) is 91.3 Å². The molecule has 0 unspecified atom stereocenters. The first-order chi connectivity index (χ1) is 11.6. The molecular weight excluding hydrogens is 328 g/mol. The smallest absolute Gasteiger partial charge is 0.213 e. The van der Waals surface area contributed by atoms with E-state index in [-0.39, 0.29) is 5.75 Å². The monoisotopic (exact) mass is 348 g/mol. The normalized spacial score (nSPS) is 16.1. The third-order valence-corrected chi connectivity index (χ3v) is 5.81. The zero-order valence-corrected chi connectivity index (χ0v) is 14.3. The van der Waals surface area contributed by atoms with Gasteiger partial charge < -0.3 is 10.2 Å². The van der Waals surface area contributed by atoms with Crippen molar-refractivity contribution in [1.82, 2.24) is 19.5 Å². The number of pyridine rings is 1. The molecule has 1 aliphatic rings. The summed E-state index contributed by atoms with van der Waals surface area (Å²) in [6.07, 6.45) is 3.40. The molecule has 3 rings (SSSR count). The summed E-state index contributed by atoms with van der Waals surface area (Å²) in [5, 5.41) is 11.6. The molecule has 1 saturated heterocycles. The molecule has 1 N–H and O–H groups in total. The molecule has 0 aromatic carbocycles. The maximum Gasteiger partial charge on any atom is 0.213 e. The minimum Gasteiger partial charge on any atom is -0.352 e. The van der Waals surface area contributed by atoms with Crippen molar-refractivity contribution in [3.63, 3.8) is 0 Å². The number of sulfonamides is 1. The van der Waals surface area contributed by atoms with Crippen LogP contribution in [0, 0.1) is 0 Å². The van der Waals surface area contributed by atoms with Crippen LogP contribution >= 0.6 is 0 Å². The lowest BCUT2D eigenvalue weighted by Gasteiger charge is -2.34. The average Bonchev–Trinajstić information content (AvgIpc) is 2.63. The maximum absolute atomic E-state index is 11.9. The predicted octanol–water partition coefficient (Wildman–Crippen LogP) is 1.09. The first kappa shape index (κ1) is 16.6. The fraction of sp³-hybridized carbons (Fsp3) is 0.400. The number of nitrogens with zero attached hydrogens (tertiary/aromatic N) is 5. The van der Waals surface area contributed by atoms with E-state index in [0.29, 0.717) is 32.0 Å². The van der Waals surface area contributed by atoms with E-state index in [4.69, 9.17) is 0 Å². The van der Waals surface area contributed by atoms with Gasteiger partial charge in [0, 0.05) is 44.3 Å². The Balaban J connectivity index is 1.61. The zero-order valence-electron chi connectivity index (χ0n) is 13.5. The number of nitrogens with one attached hydrogen (secondary N) is 1. The van der Waals surface area contributed by atoms with E-state index >= 15 is 0 Å². The fourth-order valence-electron chi connectivity index (χ4n) is 2.52. The summed E-state index contributed by atoms with van der Waals surface area (Å²) in [4.78, 5) is 6.01. The molecule has 0 spiro atoms. The second-order valence-electron chi connectivity index (χ2n) is 5.42. The van der Waals surface area contributed by atoms with Gasteiger partial charge in [-0.1, -0.05) is 0 Å². The molecule has 1 fully saturated rings. The Bertz CT molecular complexity index is 758. The van der Waals surface area contributed by atoms with Crippen molar-refractivity contribution in [2.75, 3.05) is 42.1 Å². The molecule has 0 atom stereocenters. The summed E-state index contributed by atoms with van der Waals surface area (Å²) in [5.74, 6) is 1.54. The van der Waals surface area contributed by atoms with E-state index in [9.17, 15) is 8.42 Å². The van der Waals surface area contributed by atoms with Gasteiger partial charge in [-0.05, 0) is 31.2 Å². The molecule has 0 bridgehead atoms. The standard InChI is InChI=1S/C15H20N6O2S/c1-2-24(22,23)21-11-9-20(10-12-21)15-4-3-14(18-19-15)17-13-5-7-16-8-6-13/h3-8H,2,9-12H2,1H3,(H,16,17,18). The van der Waals surface area contributed by atoms with Crippen LogP contribution in [0.1, 0.15) is 6.92 Å². The summed E-state index contributed by atoms with van der Waals surface area (Å²) in [7, 11) is -3.11. The number of hydrogen-bond acceptors (Lipinski definition) is 7. The number of aromatic nitrogens is 3. The SMILES string of the molecule is CCS(=O)(=O)N1CCN(c2ccc(Nc3ccncc3)nn2)CC1. The highest BCUT2D eigenvalue weighted by molar-refractivity contribution is 7.89. The summed E-state index contributed by atoms with van der Waals surface area (Å²) < 4.78 is 25.3. The van der Waals surface area contributed by atoms with Crippen LogP contribution in [-0.2, 0) is 10.0 Å². The Morgan fingerprint density at radius 3 is 2.33 bits per heavy atom. The summed E-state index contributed by atoms with van der Waals surface area (Å²) in [6, 6.07) is 7.45. The minimum absolute atomic E-state index is 0.141. The van der Waals surface area contributed by atoms with E-state index in [0.717, 1.165) is 11.5 Å². The molecule has 0 radical (unpaired) electrons. The third kappa shape index (κ3) is 3.80. The first-order valence-electron chi connectivity index (χ1n) is 7.82. The van der Waals surface area contributed by atoms with Gasteiger partial charge in [-0.25, -0.2) is 8.42 Å². The van der Waals surface area contributed by atoms with Crippen molar-refractivity contribution >= 4 is 27.3 Å². The molecule has 0 aliphatic carbocycles. The van der Waals surface area contributed by atoms with Gasteiger partial charge in [0.05, 0.1) is 5.75 Å². The summed E-state index contributed by atoms with van der Waals surface area (Å²) in [6.45, 7) is 3.86. The number of anilines is 3. The van der Waals surface area contributed by atoms with Crippen molar-refractivity contribution in [3.05, 3.63) is 36.7 Å². The van der Waals surface area contributed by atoms with Crippen LogP contribution in [0.5, 0.6) is 0 Å². The molecule has 1 aliphatic heterocycles. The van der Waals surface area contributed by atoms with Gasteiger partial charge in [-0.3, -0.25) is 4.98 Å². The van der Waals surface area contributed by atoms with Crippen LogP contribution in [-0.4, -0.2) is 59.8 Å². The van der Waals surface area contributed by atoms with E-state index in [1.807, 2.05) is 29.2 Å². The Labute approximate surface area is 141 Å². The minimum atomic E-state index is -3.11. The molecule has 0 saturated carbocycles. The molecule has 9 heteroatoms. The number of hydrogen-bond donors (Lipinski definition) is 1. The Morgan fingerprint density at radius 2 is 1.75 bits per heavy atom. The van der Waals surface area contributed by atoms with Gasteiger partial charge in [0.25, 0.3) is 0 Å². The Hall–Kier alpha value is -2.26. The van der Waals surface area contributed by atoms with Crippen molar-refractivity contribution in [3.8, 4) is 0 Å². The van der Waals surface area contributed by atoms with Crippen LogP contribution in [0.15, 0.2) is 36.7 Å².